The highest BCUT2D eigenvalue weighted by Gasteiger charge is 2.50. The van der Waals surface area contributed by atoms with Crippen LogP contribution in [0.15, 0.2) is 53.4 Å². The van der Waals surface area contributed by atoms with E-state index >= 15 is 0 Å². The number of carbonyl (C=O) groups excluding carboxylic acids is 1. The van der Waals surface area contributed by atoms with Crippen LogP contribution in [0.5, 0.6) is 0 Å². The Labute approximate surface area is 146 Å². The smallest absolute Gasteiger partial charge is 0.230 e. The van der Waals surface area contributed by atoms with E-state index in [1.165, 1.54) is 10.5 Å². The van der Waals surface area contributed by atoms with Crippen molar-refractivity contribution in [3.8, 4) is 0 Å². The van der Waals surface area contributed by atoms with E-state index in [1.54, 1.807) is 11.8 Å². The molecule has 4 heteroatoms. The van der Waals surface area contributed by atoms with Gasteiger partial charge in [-0.15, -0.1) is 11.8 Å². The van der Waals surface area contributed by atoms with Crippen molar-refractivity contribution in [2.45, 2.75) is 30.1 Å². The number of hydrogen-bond donors (Lipinski definition) is 1. The monoisotopic (exact) mass is 345 g/mol. The van der Waals surface area contributed by atoms with Gasteiger partial charge < -0.3 is 5.32 Å². The summed E-state index contributed by atoms with van der Waals surface area (Å²) in [6.45, 7) is 2.77. The molecule has 1 fully saturated rings. The predicted molar refractivity (Wildman–Crippen MR) is 97.3 cm³/mol. The van der Waals surface area contributed by atoms with Crippen molar-refractivity contribution in [2.75, 3.05) is 12.3 Å². The molecule has 0 aliphatic heterocycles. The Bertz CT molecular complexity index is 678. The first-order valence-electron chi connectivity index (χ1n) is 7.84. The van der Waals surface area contributed by atoms with Crippen LogP contribution < -0.4 is 5.32 Å². The Hall–Kier alpha value is -1.45. The Balaban J connectivity index is 1.49. The maximum absolute atomic E-state index is 12.5. The van der Waals surface area contributed by atoms with Crippen molar-refractivity contribution in [1.29, 1.82) is 0 Å². The molecule has 0 radical (unpaired) electrons. The highest BCUT2D eigenvalue weighted by molar-refractivity contribution is 7.99. The molecule has 1 amide bonds. The quantitative estimate of drug-likeness (QED) is 0.613. The first-order chi connectivity index (χ1) is 11.1. The molecule has 2 aromatic carbocycles. The molecule has 0 aromatic heterocycles. The van der Waals surface area contributed by atoms with E-state index < -0.39 is 0 Å². The normalized spacial score (nSPS) is 15.2. The van der Waals surface area contributed by atoms with Crippen molar-refractivity contribution in [3.05, 3.63) is 64.7 Å². The van der Waals surface area contributed by atoms with Crippen molar-refractivity contribution in [3.63, 3.8) is 0 Å². The van der Waals surface area contributed by atoms with Crippen LogP contribution in [0.1, 0.15) is 24.0 Å². The summed E-state index contributed by atoms with van der Waals surface area (Å²) in [5, 5.41) is 3.80. The van der Waals surface area contributed by atoms with E-state index in [-0.39, 0.29) is 11.3 Å². The zero-order valence-electron chi connectivity index (χ0n) is 13.1. The molecule has 0 atom stereocenters. The highest BCUT2D eigenvalue weighted by Crippen LogP contribution is 2.48. The van der Waals surface area contributed by atoms with Gasteiger partial charge in [-0.25, -0.2) is 0 Å². The second-order valence-corrected chi connectivity index (χ2v) is 7.61. The van der Waals surface area contributed by atoms with E-state index in [9.17, 15) is 4.79 Å². The molecule has 2 nitrogen and oxygen atoms in total. The first kappa shape index (κ1) is 16.4. The van der Waals surface area contributed by atoms with Crippen LogP contribution in [0.4, 0.5) is 0 Å². The van der Waals surface area contributed by atoms with Gasteiger partial charge in [0.2, 0.25) is 5.91 Å². The van der Waals surface area contributed by atoms with Crippen LogP contribution in [0.25, 0.3) is 0 Å². The number of halogens is 1. The van der Waals surface area contributed by atoms with Crippen LogP contribution in [-0.4, -0.2) is 18.2 Å². The standard InChI is InChI=1S/C19H20ClNOS/c1-14-2-8-17(9-3-14)23-13-12-21-18(22)19(10-11-19)15-4-6-16(20)7-5-15/h2-9H,10-13H2,1H3,(H,21,22). The van der Waals surface area contributed by atoms with Gasteiger partial charge in [0.15, 0.2) is 0 Å². The summed E-state index contributed by atoms with van der Waals surface area (Å²) in [5.41, 5.74) is 2.02. The average Bonchev–Trinajstić information content (AvgIpc) is 3.35. The molecule has 0 spiro atoms. The van der Waals surface area contributed by atoms with Gasteiger partial charge in [0.1, 0.15) is 0 Å². The number of thioether (sulfide) groups is 1. The molecule has 1 N–H and O–H groups in total. The summed E-state index contributed by atoms with van der Waals surface area (Å²) in [4.78, 5) is 13.8. The molecule has 23 heavy (non-hydrogen) atoms. The fraction of sp³-hybridized carbons (Fsp3) is 0.316. The molecule has 1 aliphatic carbocycles. The van der Waals surface area contributed by atoms with Gasteiger partial charge in [0.05, 0.1) is 5.41 Å². The molecule has 2 aromatic rings. The Morgan fingerprint density at radius 3 is 2.39 bits per heavy atom. The van der Waals surface area contributed by atoms with Crippen molar-refractivity contribution >= 4 is 29.3 Å². The van der Waals surface area contributed by atoms with E-state index in [2.05, 4.69) is 36.5 Å². The maximum Gasteiger partial charge on any atom is 0.230 e. The minimum atomic E-state index is -0.320. The van der Waals surface area contributed by atoms with E-state index in [0.717, 1.165) is 24.2 Å². The number of aryl methyl sites for hydroxylation is 1. The lowest BCUT2D eigenvalue weighted by Gasteiger charge is -2.16. The number of rotatable bonds is 6. The van der Waals surface area contributed by atoms with Gasteiger partial charge in [-0.1, -0.05) is 41.4 Å². The van der Waals surface area contributed by atoms with E-state index in [4.69, 9.17) is 11.6 Å². The second kappa shape index (κ2) is 6.98. The summed E-state index contributed by atoms with van der Waals surface area (Å²) in [5.74, 6) is 1.02. The molecule has 120 valence electrons. The van der Waals surface area contributed by atoms with Crippen molar-refractivity contribution in [1.82, 2.24) is 5.32 Å². The Morgan fingerprint density at radius 2 is 1.78 bits per heavy atom. The molecule has 0 bridgehead atoms. The zero-order chi connectivity index (χ0) is 16.3. The summed E-state index contributed by atoms with van der Waals surface area (Å²) >= 11 is 7.70. The lowest BCUT2D eigenvalue weighted by molar-refractivity contribution is -0.123. The minimum Gasteiger partial charge on any atom is -0.354 e. The van der Waals surface area contributed by atoms with Crippen LogP contribution in [-0.2, 0) is 10.2 Å². The second-order valence-electron chi connectivity index (χ2n) is 6.01. The third-order valence-corrected chi connectivity index (χ3v) is 5.52. The molecule has 1 aliphatic rings. The molecular weight excluding hydrogens is 326 g/mol. The fourth-order valence-corrected chi connectivity index (χ4v) is 3.57. The van der Waals surface area contributed by atoms with Crippen LogP contribution in [0.2, 0.25) is 5.02 Å². The van der Waals surface area contributed by atoms with Gasteiger partial charge in [0.25, 0.3) is 0 Å². The lowest BCUT2D eigenvalue weighted by atomic mass is 9.95. The Kier molecular flexibility index (Phi) is 4.98. The molecule has 0 unspecified atom stereocenters. The van der Waals surface area contributed by atoms with Gasteiger partial charge in [0, 0.05) is 22.2 Å². The van der Waals surface area contributed by atoms with Gasteiger partial charge in [-0.05, 0) is 49.6 Å². The molecule has 3 rings (SSSR count). The zero-order valence-corrected chi connectivity index (χ0v) is 14.7. The van der Waals surface area contributed by atoms with Crippen molar-refractivity contribution in [2.24, 2.45) is 0 Å². The lowest BCUT2D eigenvalue weighted by Crippen LogP contribution is -2.36. The summed E-state index contributed by atoms with van der Waals surface area (Å²) < 4.78 is 0. The molecule has 0 heterocycles. The number of carbonyl (C=O) groups is 1. The third kappa shape index (κ3) is 3.91. The molecular formula is C19H20ClNOS. The SMILES string of the molecule is Cc1ccc(SCCNC(=O)C2(c3ccc(Cl)cc3)CC2)cc1. The van der Waals surface area contributed by atoms with E-state index in [0.29, 0.717) is 11.6 Å². The molecule has 0 saturated heterocycles. The number of benzene rings is 2. The van der Waals surface area contributed by atoms with Gasteiger partial charge >= 0.3 is 0 Å². The number of nitrogens with one attached hydrogen (secondary N) is 1. The topological polar surface area (TPSA) is 29.1 Å². The van der Waals surface area contributed by atoms with Crippen LogP contribution >= 0.6 is 23.4 Å². The third-order valence-electron chi connectivity index (χ3n) is 4.26. The van der Waals surface area contributed by atoms with Crippen LogP contribution in [0, 0.1) is 6.92 Å². The first-order valence-corrected chi connectivity index (χ1v) is 9.20. The highest BCUT2D eigenvalue weighted by atomic mass is 35.5. The predicted octanol–water partition coefficient (Wildman–Crippen LogP) is 4.59. The molecule has 1 saturated carbocycles. The van der Waals surface area contributed by atoms with Gasteiger partial charge in [-0.2, -0.15) is 0 Å². The summed E-state index contributed by atoms with van der Waals surface area (Å²) in [6, 6.07) is 16.1. The van der Waals surface area contributed by atoms with Crippen LogP contribution in [0.3, 0.4) is 0 Å². The van der Waals surface area contributed by atoms with Gasteiger partial charge in [-0.3, -0.25) is 4.79 Å². The fourth-order valence-electron chi connectivity index (χ4n) is 2.68. The summed E-state index contributed by atoms with van der Waals surface area (Å²) in [6.07, 6.45) is 1.84. The van der Waals surface area contributed by atoms with E-state index in [1.807, 2.05) is 24.3 Å². The maximum atomic E-state index is 12.5. The minimum absolute atomic E-state index is 0.143. The van der Waals surface area contributed by atoms with Crippen molar-refractivity contribution < 1.29 is 4.79 Å². The Morgan fingerprint density at radius 1 is 1.13 bits per heavy atom. The average molecular weight is 346 g/mol. The number of amides is 1. The largest absolute Gasteiger partial charge is 0.354 e. The summed E-state index contributed by atoms with van der Waals surface area (Å²) in [7, 11) is 0. The number of hydrogen-bond acceptors (Lipinski definition) is 2.